The molecule has 3 heterocycles. The van der Waals surface area contributed by atoms with Crippen LogP contribution in [0.2, 0.25) is 5.02 Å². The number of fused-ring (bicyclic) bond motifs is 1. The van der Waals surface area contributed by atoms with Crippen LogP contribution >= 0.6 is 23.4 Å². The molecule has 3 aromatic rings. The Balaban J connectivity index is 1.57. The Morgan fingerprint density at radius 3 is 3.14 bits per heavy atom. The highest BCUT2D eigenvalue weighted by molar-refractivity contribution is 7.99. The number of aromatic nitrogens is 4. The number of nitrogens with one attached hydrogen (secondary N) is 2. The predicted molar refractivity (Wildman–Crippen MR) is 107 cm³/mol. The Hall–Kier alpha value is -2.36. The van der Waals surface area contributed by atoms with Crippen LogP contribution in [0, 0.1) is 0 Å². The number of nitrogens with zero attached hydrogens (tertiary/aromatic N) is 3. The molecule has 1 saturated heterocycles. The van der Waals surface area contributed by atoms with Crippen molar-refractivity contribution in [3.8, 4) is 5.69 Å². The average Bonchev–Trinajstić information content (AvgIpc) is 3.36. The minimum atomic E-state index is -0.275. The average molecular weight is 420 g/mol. The van der Waals surface area contributed by atoms with Crippen LogP contribution in [0.4, 0.5) is 0 Å². The van der Waals surface area contributed by atoms with Crippen LogP contribution in [0.5, 0.6) is 0 Å². The molecule has 146 valence electrons. The number of benzene rings is 1. The van der Waals surface area contributed by atoms with Crippen LogP contribution in [-0.4, -0.2) is 50.7 Å². The molecule has 1 atom stereocenters. The Morgan fingerprint density at radius 2 is 2.36 bits per heavy atom. The van der Waals surface area contributed by atoms with Crippen LogP contribution in [0.25, 0.3) is 16.7 Å². The number of aromatic amines is 1. The zero-order valence-electron chi connectivity index (χ0n) is 14.9. The van der Waals surface area contributed by atoms with Crippen LogP contribution in [0.15, 0.2) is 40.4 Å². The summed E-state index contributed by atoms with van der Waals surface area (Å²) in [5.74, 6) is -0.0172. The summed E-state index contributed by atoms with van der Waals surface area (Å²) in [5.41, 5.74) is 0.684. The maximum atomic E-state index is 13.0. The lowest BCUT2D eigenvalue weighted by Gasteiger charge is -2.13. The summed E-state index contributed by atoms with van der Waals surface area (Å²) in [4.78, 5) is 29.7. The molecule has 2 N–H and O–H groups in total. The summed E-state index contributed by atoms with van der Waals surface area (Å²) in [6.45, 7) is 1.24. The van der Waals surface area contributed by atoms with Gasteiger partial charge < -0.3 is 10.1 Å². The lowest BCUT2D eigenvalue weighted by atomic mass is 10.2. The second-order valence-corrected chi connectivity index (χ2v) is 7.75. The topological polar surface area (TPSA) is 102 Å². The quantitative estimate of drug-likeness (QED) is 0.469. The van der Waals surface area contributed by atoms with E-state index < -0.39 is 0 Å². The minimum Gasteiger partial charge on any atom is -0.376 e. The maximum Gasteiger partial charge on any atom is 0.269 e. The molecule has 28 heavy (non-hydrogen) atoms. The predicted octanol–water partition coefficient (Wildman–Crippen LogP) is 2.15. The fraction of sp³-hybridized carbons (Fsp3) is 0.333. The summed E-state index contributed by atoms with van der Waals surface area (Å²) in [6, 6.07) is 6.93. The molecule has 0 bridgehead atoms. The molecule has 8 nitrogen and oxygen atoms in total. The lowest BCUT2D eigenvalue weighted by Crippen LogP contribution is -2.33. The third kappa shape index (κ3) is 4.06. The number of carbonyl (C=O) groups is 1. The van der Waals surface area contributed by atoms with Gasteiger partial charge in [-0.1, -0.05) is 29.4 Å². The van der Waals surface area contributed by atoms with E-state index in [0.29, 0.717) is 33.4 Å². The van der Waals surface area contributed by atoms with Crippen molar-refractivity contribution < 1.29 is 9.53 Å². The van der Waals surface area contributed by atoms with Crippen LogP contribution in [0.1, 0.15) is 12.8 Å². The van der Waals surface area contributed by atoms with Gasteiger partial charge in [-0.2, -0.15) is 5.10 Å². The number of hydrogen-bond acceptors (Lipinski definition) is 6. The zero-order valence-corrected chi connectivity index (χ0v) is 16.4. The SMILES string of the molecule is O=C(CSc1nc2[nH]ncc2c(=O)n1-c1cccc(Cl)c1)NCC1CCCO1. The van der Waals surface area contributed by atoms with E-state index in [1.54, 1.807) is 24.3 Å². The van der Waals surface area contributed by atoms with Gasteiger partial charge in [-0.05, 0) is 31.0 Å². The van der Waals surface area contributed by atoms with Crippen LogP contribution in [-0.2, 0) is 9.53 Å². The molecule has 2 aromatic heterocycles. The third-order valence-corrected chi connectivity index (χ3v) is 5.57. The number of thioether (sulfide) groups is 1. The van der Waals surface area contributed by atoms with E-state index in [9.17, 15) is 9.59 Å². The molecule has 0 spiro atoms. The van der Waals surface area contributed by atoms with Crippen molar-refractivity contribution in [2.24, 2.45) is 0 Å². The second kappa shape index (κ2) is 8.34. The Kier molecular flexibility index (Phi) is 5.65. The monoisotopic (exact) mass is 419 g/mol. The van der Waals surface area contributed by atoms with Gasteiger partial charge in [0.15, 0.2) is 10.8 Å². The van der Waals surface area contributed by atoms with E-state index >= 15 is 0 Å². The van der Waals surface area contributed by atoms with E-state index in [-0.39, 0.29) is 23.3 Å². The van der Waals surface area contributed by atoms with Crippen molar-refractivity contribution in [3.05, 3.63) is 45.8 Å². The van der Waals surface area contributed by atoms with Crippen molar-refractivity contribution in [1.29, 1.82) is 0 Å². The number of rotatable bonds is 6. The molecule has 1 aromatic carbocycles. The highest BCUT2D eigenvalue weighted by Crippen LogP contribution is 2.22. The first-order valence-electron chi connectivity index (χ1n) is 8.85. The molecule has 4 rings (SSSR count). The van der Waals surface area contributed by atoms with Crippen molar-refractivity contribution in [3.63, 3.8) is 0 Å². The van der Waals surface area contributed by atoms with E-state index in [2.05, 4.69) is 20.5 Å². The van der Waals surface area contributed by atoms with Gasteiger partial charge in [-0.25, -0.2) is 4.98 Å². The second-order valence-electron chi connectivity index (χ2n) is 6.37. The molecule has 1 aliphatic heterocycles. The van der Waals surface area contributed by atoms with Gasteiger partial charge in [0, 0.05) is 18.2 Å². The molecule has 0 aliphatic carbocycles. The summed E-state index contributed by atoms with van der Waals surface area (Å²) in [5, 5.41) is 10.7. The minimum absolute atomic E-state index is 0.0815. The Morgan fingerprint density at radius 1 is 1.46 bits per heavy atom. The van der Waals surface area contributed by atoms with Gasteiger partial charge >= 0.3 is 0 Å². The fourth-order valence-corrected chi connectivity index (χ4v) is 4.05. The van der Waals surface area contributed by atoms with Gasteiger partial charge in [0.2, 0.25) is 5.91 Å². The van der Waals surface area contributed by atoms with Gasteiger partial charge in [0.05, 0.1) is 23.7 Å². The van der Waals surface area contributed by atoms with Gasteiger partial charge in [0.25, 0.3) is 5.56 Å². The summed E-state index contributed by atoms with van der Waals surface area (Å²) < 4.78 is 6.95. The number of carbonyl (C=O) groups excluding carboxylic acids is 1. The highest BCUT2D eigenvalue weighted by atomic mass is 35.5. The van der Waals surface area contributed by atoms with Crippen LogP contribution < -0.4 is 10.9 Å². The molecule has 0 radical (unpaired) electrons. The van der Waals surface area contributed by atoms with Crippen molar-refractivity contribution in [1.82, 2.24) is 25.1 Å². The van der Waals surface area contributed by atoms with Gasteiger partial charge in [-0.15, -0.1) is 0 Å². The first kappa shape index (κ1) is 19.0. The number of ether oxygens (including phenoxy) is 1. The summed E-state index contributed by atoms with van der Waals surface area (Å²) in [6.07, 6.45) is 3.50. The Labute approximate surface area is 169 Å². The van der Waals surface area contributed by atoms with Crippen molar-refractivity contribution in [2.75, 3.05) is 18.9 Å². The molecular formula is C18H18ClN5O3S. The van der Waals surface area contributed by atoms with Gasteiger partial charge in [-0.3, -0.25) is 19.3 Å². The maximum absolute atomic E-state index is 13.0. The third-order valence-electron chi connectivity index (χ3n) is 4.40. The highest BCUT2D eigenvalue weighted by Gasteiger charge is 2.18. The number of hydrogen-bond donors (Lipinski definition) is 2. The lowest BCUT2D eigenvalue weighted by molar-refractivity contribution is -0.119. The van der Waals surface area contributed by atoms with E-state index in [4.69, 9.17) is 16.3 Å². The summed E-state index contributed by atoms with van der Waals surface area (Å²) >= 11 is 7.27. The summed E-state index contributed by atoms with van der Waals surface area (Å²) in [7, 11) is 0. The molecule has 10 heteroatoms. The van der Waals surface area contributed by atoms with Crippen molar-refractivity contribution in [2.45, 2.75) is 24.1 Å². The largest absolute Gasteiger partial charge is 0.376 e. The molecule has 1 aliphatic rings. The smallest absolute Gasteiger partial charge is 0.269 e. The molecule has 1 fully saturated rings. The van der Waals surface area contributed by atoms with Gasteiger partial charge in [0.1, 0.15) is 5.39 Å². The molecular weight excluding hydrogens is 402 g/mol. The van der Waals surface area contributed by atoms with E-state index in [1.807, 2.05) is 0 Å². The number of amides is 1. The van der Waals surface area contributed by atoms with E-state index in [1.165, 1.54) is 22.5 Å². The first-order valence-corrected chi connectivity index (χ1v) is 10.2. The van der Waals surface area contributed by atoms with Crippen molar-refractivity contribution >= 4 is 40.3 Å². The van der Waals surface area contributed by atoms with E-state index in [0.717, 1.165) is 19.4 Å². The fourth-order valence-electron chi connectivity index (χ4n) is 3.03. The van der Waals surface area contributed by atoms with Crippen LogP contribution in [0.3, 0.4) is 0 Å². The zero-order chi connectivity index (χ0) is 19.5. The molecule has 0 saturated carbocycles. The number of halogens is 1. The Bertz CT molecular complexity index is 1060. The number of H-pyrrole nitrogens is 1. The molecule has 1 unspecified atom stereocenters. The molecule has 1 amide bonds. The first-order chi connectivity index (χ1) is 13.6. The standard InChI is InChI=1S/C18H18ClN5O3S/c19-11-3-1-4-12(7-11)24-17(26)14-9-21-23-16(14)22-18(24)28-10-15(25)20-8-13-5-2-6-27-13/h1,3-4,7,9,13H,2,5-6,8,10H2,(H,20,25)(H,21,23). The normalized spacial score (nSPS) is 16.5.